The van der Waals surface area contributed by atoms with Gasteiger partial charge in [-0.15, -0.1) is 0 Å². The molecule has 0 radical (unpaired) electrons. The van der Waals surface area contributed by atoms with Gasteiger partial charge in [-0.25, -0.2) is 4.68 Å². The molecule has 1 amide bonds. The van der Waals surface area contributed by atoms with Gasteiger partial charge in [-0.3, -0.25) is 9.78 Å². The summed E-state index contributed by atoms with van der Waals surface area (Å²) >= 11 is 7.66. The van der Waals surface area contributed by atoms with Gasteiger partial charge < -0.3 is 5.32 Å². The third-order valence-corrected chi connectivity index (χ3v) is 5.83. The molecule has 0 fully saturated rings. The van der Waals surface area contributed by atoms with E-state index in [1.165, 1.54) is 18.0 Å². The normalized spacial score (nSPS) is 10.5. The van der Waals surface area contributed by atoms with Crippen molar-refractivity contribution in [1.82, 2.24) is 14.8 Å². The molecule has 0 aliphatic carbocycles. The molecule has 0 saturated heterocycles. The molecular formula is C23H16ClN5OS. The number of nitrogens with one attached hydrogen (secondary N) is 1. The van der Waals surface area contributed by atoms with Crippen LogP contribution in [0.25, 0.3) is 5.69 Å². The summed E-state index contributed by atoms with van der Waals surface area (Å²) < 4.78 is 1.57. The van der Waals surface area contributed by atoms with Crippen LogP contribution in [0.4, 0.5) is 5.82 Å². The van der Waals surface area contributed by atoms with E-state index in [2.05, 4.69) is 21.5 Å². The zero-order valence-corrected chi connectivity index (χ0v) is 17.8. The van der Waals surface area contributed by atoms with Crippen molar-refractivity contribution < 1.29 is 4.79 Å². The molecule has 152 valence electrons. The Morgan fingerprint density at radius 1 is 1.10 bits per heavy atom. The van der Waals surface area contributed by atoms with E-state index in [-0.39, 0.29) is 11.5 Å². The first-order valence-electron chi connectivity index (χ1n) is 9.33. The number of thioether (sulfide) groups is 1. The molecule has 0 aliphatic heterocycles. The predicted octanol–water partition coefficient (Wildman–Crippen LogP) is 5.34. The Labute approximate surface area is 188 Å². The summed E-state index contributed by atoms with van der Waals surface area (Å²) in [7, 11) is 0. The van der Waals surface area contributed by atoms with Gasteiger partial charge in [0.15, 0.2) is 5.82 Å². The maximum absolute atomic E-state index is 12.8. The second-order valence-electron chi connectivity index (χ2n) is 6.46. The van der Waals surface area contributed by atoms with Crippen LogP contribution in [-0.2, 0) is 5.75 Å². The average Bonchev–Trinajstić information content (AvgIpc) is 3.16. The summed E-state index contributed by atoms with van der Waals surface area (Å²) in [5.41, 5.74) is 2.34. The number of carbonyl (C=O) groups is 1. The third kappa shape index (κ3) is 4.61. The smallest absolute Gasteiger partial charge is 0.258 e. The molecule has 4 rings (SSSR count). The zero-order chi connectivity index (χ0) is 21.6. The first-order chi connectivity index (χ1) is 15.2. The van der Waals surface area contributed by atoms with Gasteiger partial charge in [0, 0.05) is 23.2 Å². The molecular weight excluding hydrogens is 430 g/mol. The fraction of sp³-hybridized carbons (Fsp3) is 0.0435. The van der Waals surface area contributed by atoms with Crippen molar-refractivity contribution in [2.45, 2.75) is 10.8 Å². The highest BCUT2D eigenvalue weighted by Gasteiger charge is 2.22. The van der Waals surface area contributed by atoms with Gasteiger partial charge in [0.2, 0.25) is 0 Å². The zero-order valence-electron chi connectivity index (χ0n) is 16.2. The van der Waals surface area contributed by atoms with Crippen LogP contribution < -0.4 is 5.32 Å². The van der Waals surface area contributed by atoms with E-state index in [0.717, 1.165) is 11.3 Å². The van der Waals surface area contributed by atoms with E-state index >= 15 is 0 Å². The number of carbonyl (C=O) groups excluding carboxylic acids is 1. The second-order valence-corrected chi connectivity index (χ2v) is 7.84. The van der Waals surface area contributed by atoms with E-state index in [1.54, 1.807) is 23.0 Å². The number of hydrogen-bond acceptors (Lipinski definition) is 5. The number of pyridine rings is 1. The van der Waals surface area contributed by atoms with Gasteiger partial charge >= 0.3 is 0 Å². The Kier molecular flexibility index (Phi) is 6.32. The van der Waals surface area contributed by atoms with Crippen LogP contribution >= 0.6 is 23.4 Å². The van der Waals surface area contributed by atoms with Crippen molar-refractivity contribution in [2.75, 3.05) is 5.32 Å². The lowest BCUT2D eigenvalue weighted by molar-refractivity contribution is 0.102. The molecule has 31 heavy (non-hydrogen) atoms. The SMILES string of the molecule is N#Cc1c(SCc2ccccc2Cl)nn(-c2ccccc2)c1NC(=O)c1cccnc1. The summed E-state index contributed by atoms with van der Waals surface area (Å²) in [5.74, 6) is 0.476. The van der Waals surface area contributed by atoms with Gasteiger partial charge in [-0.2, -0.15) is 10.4 Å². The van der Waals surface area contributed by atoms with Crippen molar-refractivity contribution in [3.63, 3.8) is 0 Å². The lowest BCUT2D eigenvalue weighted by Crippen LogP contribution is -2.16. The number of nitriles is 1. The number of aromatic nitrogens is 3. The van der Waals surface area contributed by atoms with E-state index in [4.69, 9.17) is 11.6 Å². The first-order valence-corrected chi connectivity index (χ1v) is 10.7. The van der Waals surface area contributed by atoms with Gasteiger partial charge in [-0.1, -0.05) is 59.8 Å². The lowest BCUT2D eigenvalue weighted by atomic mass is 10.2. The third-order valence-electron chi connectivity index (χ3n) is 4.44. The predicted molar refractivity (Wildman–Crippen MR) is 121 cm³/mol. The number of para-hydroxylation sites is 1. The maximum atomic E-state index is 12.8. The highest BCUT2D eigenvalue weighted by molar-refractivity contribution is 7.98. The number of halogens is 1. The largest absolute Gasteiger partial charge is 0.305 e. The second kappa shape index (κ2) is 9.47. The van der Waals surface area contributed by atoms with Crippen molar-refractivity contribution in [2.24, 2.45) is 0 Å². The van der Waals surface area contributed by atoms with E-state index in [0.29, 0.717) is 27.2 Å². The molecule has 2 heterocycles. The Balaban J connectivity index is 1.72. The lowest BCUT2D eigenvalue weighted by Gasteiger charge is -2.09. The average molecular weight is 446 g/mol. The Morgan fingerprint density at radius 2 is 1.87 bits per heavy atom. The minimum atomic E-state index is -0.371. The number of hydrogen-bond donors (Lipinski definition) is 1. The van der Waals surface area contributed by atoms with Crippen LogP contribution in [0.5, 0.6) is 0 Å². The molecule has 0 saturated carbocycles. The quantitative estimate of drug-likeness (QED) is 0.405. The number of amides is 1. The van der Waals surface area contributed by atoms with Crippen LogP contribution in [-0.4, -0.2) is 20.7 Å². The molecule has 0 bridgehead atoms. The van der Waals surface area contributed by atoms with E-state index in [1.807, 2.05) is 54.6 Å². The molecule has 0 aliphatic rings. The standard InChI is InChI=1S/C23H16ClN5OS/c24-20-11-5-4-7-17(20)15-31-23-19(13-25)21(27-22(30)16-8-6-12-26-14-16)29(28-23)18-9-2-1-3-10-18/h1-12,14H,15H2,(H,27,30). The minimum Gasteiger partial charge on any atom is -0.305 e. The fourth-order valence-electron chi connectivity index (χ4n) is 2.91. The van der Waals surface area contributed by atoms with Crippen LogP contribution in [0.3, 0.4) is 0 Å². The maximum Gasteiger partial charge on any atom is 0.258 e. The van der Waals surface area contributed by atoms with Gasteiger partial charge in [0.1, 0.15) is 16.7 Å². The van der Waals surface area contributed by atoms with Crippen LogP contribution in [0.1, 0.15) is 21.5 Å². The van der Waals surface area contributed by atoms with Gasteiger partial charge in [0.25, 0.3) is 5.91 Å². The van der Waals surface area contributed by atoms with Gasteiger partial charge in [0.05, 0.1) is 11.3 Å². The topological polar surface area (TPSA) is 83.6 Å². The summed E-state index contributed by atoms with van der Waals surface area (Å²) in [4.78, 5) is 16.8. The summed E-state index contributed by atoms with van der Waals surface area (Å²) in [6.45, 7) is 0. The van der Waals surface area contributed by atoms with E-state index in [9.17, 15) is 10.1 Å². The molecule has 6 nitrogen and oxygen atoms in total. The van der Waals surface area contributed by atoms with Crippen molar-refractivity contribution in [1.29, 1.82) is 5.26 Å². The van der Waals surface area contributed by atoms with Crippen molar-refractivity contribution >= 4 is 35.1 Å². The van der Waals surface area contributed by atoms with Gasteiger partial charge in [-0.05, 0) is 35.9 Å². The summed E-state index contributed by atoms with van der Waals surface area (Å²) in [6, 6.07) is 22.4. The van der Waals surface area contributed by atoms with Crippen molar-refractivity contribution in [3.8, 4) is 11.8 Å². The molecule has 2 aromatic carbocycles. The molecule has 0 atom stereocenters. The fourth-order valence-corrected chi connectivity index (χ4v) is 4.16. The minimum absolute atomic E-state index is 0.290. The number of anilines is 1. The Hall–Kier alpha value is -3.60. The van der Waals surface area contributed by atoms with Crippen LogP contribution in [0, 0.1) is 11.3 Å². The molecule has 1 N–H and O–H groups in total. The monoisotopic (exact) mass is 445 g/mol. The summed E-state index contributed by atoms with van der Waals surface area (Å²) in [5, 5.41) is 18.5. The molecule has 0 spiro atoms. The molecule has 4 aromatic rings. The molecule has 0 unspecified atom stereocenters. The first kappa shape index (κ1) is 20.7. The van der Waals surface area contributed by atoms with Crippen LogP contribution in [0.15, 0.2) is 84.1 Å². The summed E-state index contributed by atoms with van der Waals surface area (Å²) in [6.07, 6.45) is 3.06. The van der Waals surface area contributed by atoms with Crippen molar-refractivity contribution in [3.05, 3.63) is 101 Å². The molecule has 2 aromatic heterocycles. The number of nitrogens with zero attached hydrogens (tertiary/aromatic N) is 4. The number of rotatable bonds is 6. The Morgan fingerprint density at radius 3 is 2.58 bits per heavy atom. The highest BCUT2D eigenvalue weighted by Crippen LogP contribution is 2.33. The number of benzene rings is 2. The molecule has 8 heteroatoms. The van der Waals surface area contributed by atoms with E-state index < -0.39 is 0 Å². The van der Waals surface area contributed by atoms with Crippen LogP contribution in [0.2, 0.25) is 5.02 Å². The highest BCUT2D eigenvalue weighted by atomic mass is 35.5. The Bertz CT molecular complexity index is 1250.